The van der Waals surface area contributed by atoms with Crippen LogP contribution in [0.25, 0.3) is 0 Å². The van der Waals surface area contributed by atoms with Gasteiger partial charge in [0.2, 0.25) is 0 Å². The molecule has 130 valence electrons. The Kier molecular flexibility index (Phi) is 7.52. The molecule has 25 heavy (non-hydrogen) atoms. The summed E-state index contributed by atoms with van der Waals surface area (Å²) < 4.78 is 0. The molecule has 2 amide bonds. The van der Waals surface area contributed by atoms with E-state index >= 15 is 0 Å². The van der Waals surface area contributed by atoms with Gasteiger partial charge in [-0.1, -0.05) is 55.9 Å². The molecule has 0 saturated heterocycles. The molecule has 0 aliphatic carbocycles. The number of aryl methyl sites for hydroxylation is 1. The molecule has 0 spiro atoms. The third-order valence-electron chi connectivity index (χ3n) is 3.69. The fourth-order valence-corrected chi connectivity index (χ4v) is 2.26. The van der Waals surface area contributed by atoms with Crippen LogP contribution in [0.2, 0.25) is 0 Å². The number of amides is 2. The first kappa shape index (κ1) is 18.5. The van der Waals surface area contributed by atoms with Gasteiger partial charge in [-0.05, 0) is 43.5 Å². The van der Waals surface area contributed by atoms with Crippen LogP contribution in [0.3, 0.4) is 0 Å². The lowest BCUT2D eigenvalue weighted by Gasteiger charge is -2.07. The van der Waals surface area contributed by atoms with Crippen molar-refractivity contribution in [1.82, 2.24) is 10.3 Å². The molecule has 0 aliphatic heterocycles. The zero-order valence-electron chi connectivity index (χ0n) is 14.9. The van der Waals surface area contributed by atoms with Gasteiger partial charge in [0.25, 0.3) is 0 Å². The van der Waals surface area contributed by atoms with Gasteiger partial charge in [-0.25, -0.2) is 9.78 Å². The first-order chi connectivity index (χ1) is 12.2. The number of anilines is 1. The average Bonchev–Trinajstić information content (AvgIpc) is 2.61. The summed E-state index contributed by atoms with van der Waals surface area (Å²) in [4.78, 5) is 16.2. The Morgan fingerprint density at radius 1 is 1.04 bits per heavy atom. The van der Waals surface area contributed by atoms with Crippen molar-refractivity contribution in [2.75, 3.05) is 11.9 Å². The highest BCUT2D eigenvalue weighted by molar-refractivity contribution is 5.88. The Bertz CT molecular complexity index is 742. The number of urea groups is 1. The zero-order chi connectivity index (χ0) is 17.9. The number of nitrogens with zero attached hydrogens (tertiary/aromatic N) is 1. The van der Waals surface area contributed by atoms with E-state index < -0.39 is 0 Å². The first-order valence-electron chi connectivity index (χ1n) is 8.78. The molecule has 2 rings (SSSR count). The molecule has 0 atom stereocenters. The van der Waals surface area contributed by atoms with Crippen molar-refractivity contribution in [1.29, 1.82) is 0 Å². The van der Waals surface area contributed by atoms with Gasteiger partial charge in [-0.15, -0.1) is 0 Å². The van der Waals surface area contributed by atoms with Gasteiger partial charge >= 0.3 is 6.03 Å². The lowest BCUT2D eigenvalue weighted by molar-refractivity contribution is 0.252. The number of unbranched alkanes of at least 4 members (excludes halogenated alkanes) is 3. The fraction of sp³-hybridized carbons (Fsp3) is 0.333. The molecule has 1 aromatic carbocycles. The summed E-state index contributed by atoms with van der Waals surface area (Å²) in [6.07, 6.45) is 4.52. The van der Waals surface area contributed by atoms with Crippen molar-refractivity contribution < 1.29 is 4.79 Å². The second-order valence-electron chi connectivity index (χ2n) is 5.97. The number of aromatic nitrogens is 1. The molecule has 4 nitrogen and oxygen atoms in total. The van der Waals surface area contributed by atoms with E-state index in [2.05, 4.69) is 34.4 Å². The summed E-state index contributed by atoms with van der Waals surface area (Å²) in [6.45, 7) is 4.89. The van der Waals surface area contributed by atoms with Crippen LogP contribution in [0.4, 0.5) is 10.6 Å². The Morgan fingerprint density at radius 3 is 2.60 bits per heavy atom. The molecule has 0 saturated carbocycles. The minimum absolute atomic E-state index is 0.229. The van der Waals surface area contributed by atoms with Crippen LogP contribution in [0, 0.1) is 18.8 Å². The van der Waals surface area contributed by atoms with Gasteiger partial charge in [-0.3, -0.25) is 5.32 Å². The van der Waals surface area contributed by atoms with Gasteiger partial charge in [0.1, 0.15) is 11.5 Å². The van der Waals surface area contributed by atoms with E-state index in [9.17, 15) is 4.79 Å². The number of benzene rings is 1. The van der Waals surface area contributed by atoms with E-state index in [-0.39, 0.29) is 6.03 Å². The molecule has 1 aromatic heterocycles. The number of pyridine rings is 1. The van der Waals surface area contributed by atoms with Crippen LogP contribution in [0.1, 0.15) is 49.4 Å². The summed E-state index contributed by atoms with van der Waals surface area (Å²) in [7, 11) is 0. The average molecular weight is 335 g/mol. The Hall–Kier alpha value is -2.80. The van der Waals surface area contributed by atoms with E-state index in [0.29, 0.717) is 18.1 Å². The van der Waals surface area contributed by atoms with Gasteiger partial charge in [0.05, 0.1) is 0 Å². The number of carbonyl (C=O) groups excluding carboxylic acids is 1. The number of carbonyl (C=O) groups is 1. The molecule has 0 unspecified atom stereocenters. The van der Waals surface area contributed by atoms with Crippen LogP contribution in [0.15, 0.2) is 42.5 Å². The summed E-state index contributed by atoms with van der Waals surface area (Å²) in [5, 5.41) is 5.60. The van der Waals surface area contributed by atoms with Gasteiger partial charge < -0.3 is 5.32 Å². The number of rotatable bonds is 6. The molecule has 1 heterocycles. The van der Waals surface area contributed by atoms with Crippen molar-refractivity contribution in [3.8, 4) is 11.8 Å². The van der Waals surface area contributed by atoms with Gasteiger partial charge in [-0.2, -0.15) is 0 Å². The van der Waals surface area contributed by atoms with Crippen LogP contribution < -0.4 is 10.6 Å². The molecule has 2 N–H and O–H groups in total. The Balaban J connectivity index is 1.88. The smallest absolute Gasteiger partial charge is 0.320 e. The topological polar surface area (TPSA) is 54.0 Å². The van der Waals surface area contributed by atoms with Crippen molar-refractivity contribution >= 4 is 11.8 Å². The number of hydrogen-bond donors (Lipinski definition) is 2. The quantitative estimate of drug-likeness (QED) is 0.603. The van der Waals surface area contributed by atoms with E-state index in [4.69, 9.17) is 0 Å². The highest BCUT2D eigenvalue weighted by atomic mass is 16.2. The summed E-state index contributed by atoms with van der Waals surface area (Å²) in [6, 6.07) is 13.2. The third-order valence-corrected chi connectivity index (χ3v) is 3.69. The minimum Gasteiger partial charge on any atom is -0.338 e. The Labute approximate surface area is 150 Å². The van der Waals surface area contributed by atoms with E-state index in [1.807, 2.05) is 43.3 Å². The third kappa shape index (κ3) is 7.09. The molecular formula is C21H25N3O. The lowest BCUT2D eigenvalue weighted by Crippen LogP contribution is -2.29. The second kappa shape index (κ2) is 10.1. The molecular weight excluding hydrogens is 310 g/mol. The van der Waals surface area contributed by atoms with Crippen molar-refractivity contribution in [2.45, 2.75) is 39.5 Å². The molecule has 0 aliphatic rings. The summed E-state index contributed by atoms with van der Waals surface area (Å²) in [5.41, 5.74) is 2.77. The normalized spacial score (nSPS) is 9.84. The largest absolute Gasteiger partial charge is 0.338 e. The maximum atomic E-state index is 11.9. The van der Waals surface area contributed by atoms with E-state index in [1.54, 1.807) is 6.07 Å². The van der Waals surface area contributed by atoms with Crippen LogP contribution in [0.5, 0.6) is 0 Å². The SMILES string of the molecule is CCCCCCNC(=O)Nc1cccc(C#Cc2ccc(C)cc2)n1. The predicted octanol–water partition coefficient (Wildman–Crippen LogP) is 4.49. The van der Waals surface area contributed by atoms with Crippen LogP contribution in [-0.4, -0.2) is 17.6 Å². The first-order valence-corrected chi connectivity index (χ1v) is 8.78. The molecule has 4 heteroatoms. The zero-order valence-corrected chi connectivity index (χ0v) is 14.9. The highest BCUT2D eigenvalue weighted by Gasteiger charge is 2.02. The summed E-state index contributed by atoms with van der Waals surface area (Å²) in [5.74, 6) is 6.61. The van der Waals surface area contributed by atoms with Crippen molar-refractivity contribution in [2.24, 2.45) is 0 Å². The standard InChI is InChI=1S/C21H25N3O/c1-3-4-5-6-16-22-21(25)24-20-9-7-8-19(23-20)15-14-18-12-10-17(2)11-13-18/h7-13H,3-6,16H2,1-2H3,(H2,22,23,24,25). The lowest BCUT2D eigenvalue weighted by atomic mass is 10.1. The van der Waals surface area contributed by atoms with E-state index in [1.165, 1.54) is 18.4 Å². The monoisotopic (exact) mass is 335 g/mol. The number of nitrogens with one attached hydrogen (secondary N) is 2. The Morgan fingerprint density at radius 2 is 1.84 bits per heavy atom. The fourth-order valence-electron chi connectivity index (χ4n) is 2.26. The van der Waals surface area contributed by atoms with Crippen molar-refractivity contribution in [3.05, 3.63) is 59.3 Å². The predicted molar refractivity (Wildman–Crippen MR) is 103 cm³/mol. The highest BCUT2D eigenvalue weighted by Crippen LogP contribution is 2.05. The maximum Gasteiger partial charge on any atom is 0.320 e. The molecule has 0 radical (unpaired) electrons. The molecule has 0 fully saturated rings. The molecule has 2 aromatic rings. The van der Waals surface area contributed by atoms with E-state index in [0.717, 1.165) is 18.4 Å². The van der Waals surface area contributed by atoms with Gasteiger partial charge in [0, 0.05) is 12.1 Å². The van der Waals surface area contributed by atoms with Gasteiger partial charge in [0.15, 0.2) is 0 Å². The van der Waals surface area contributed by atoms with Crippen LogP contribution in [-0.2, 0) is 0 Å². The van der Waals surface area contributed by atoms with Crippen LogP contribution >= 0.6 is 0 Å². The molecule has 0 bridgehead atoms. The maximum absolute atomic E-state index is 11.9. The minimum atomic E-state index is -0.229. The van der Waals surface area contributed by atoms with Crippen molar-refractivity contribution in [3.63, 3.8) is 0 Å². The second-order valence-corrected chi connectivity index (χ2v) is 5.97. The number of hydrogen-bond acceptors (Lipinski definition) is 2. The summed E-state index contributed by atoms with van der Waals surface area (Å²) >= 11 is 0.